The fourth-order valence-electron chi connectivity index (χ4n) is 1.55. The molecule has 0 unspecified atom stereocenters. The van der Waals surface area contributed by atoms with E-state index in [1.807, 2.05) is 22.2 Å². The van der Waals surface area contributed by atoms with E-state index in [1.165, 1.54) is 0 Å². The average molecular weight is 246 g/mol. The van der Waals surface area contributed by atoms with Gasteiger partial charge in [-0.15, -0.1) is 11.3 Å². The quantitative estimate of drug-likeness (QED) is 0.773. The zero-order valence-electron chi connectivity index (χ0n) is 8.91. The molecular weight excluding hydrogens is 236 g/mol. The first kappa shape index (κ1) is 10.2. The van der Waals surface area contributed by atoms with Crippen molar-refractivity contribution in [2.24, 2.45) is 0 Å². The lowest BCUT2D eigenvalue weighted by molar-refractivity contribution is 0.301. The smallest absolute Gasteiger partial charge is 0.193 e. The number of rotatable bonds is 3. The van der Waals surface area contributed by atoms with Gasteiger partial charge >= 0.3 is 0 Å². The number of hydrogen-bond donors (Lipinski definition) is 1. The molecule has 3 rings (SSSR count). The van der Waals surface area contributed by atoms with Gasteiger partial charge in [0.05, 0.1) is 5.69 Å². The van der Waals surface area contributed by atoms with Crippen LogP contribution in [0.1, 0.15) is 5.69 Å². The summed E-state index contributed by atoms with van der Waals surface area (Å²) < 4.78 is 7.54. The van der Waals surface area contributed by atoms with Gasteiger partial charge in [-0.25, -0.2) is 4.98 Å². The van der Waals surface area contributed by atoms with Gasteiger partial charge in [0.25, 0.3) is 0 Å². The Morgan fingerprint density at radius 3 is 2.88 bits per heavy atom. The second kappa shape index (κ2) is 4.10. The highest BCUT2D eigenvalue weighted by molar-refractivity contribution is 7.15. The van der Waals surface area contributed by atoms with E-state index in [9.17, 15) is 0 Å². The molecule has 86 valence electrons. The van der Waals surface area contributed by atoms with Gasteiger partial charge in [0.1, 0.15) is 18.1 Å². The van der Waals surface area contributed by atoms with Crippen molar-refractivity contribution in [1.82, 2.24) is 9.38 Å². The van der Waals surface area contributed by atoms with E-state index in [1.54, 1.807) is 35.6 Å². The van der Waals surface area contributed by atoms with E-state index in [0.29, 0.717) is 6.61 Å². The number of aromatic hydroxyl groups is 1. The molecule has 4 nitrogen and oxygen atoms in total. The molecule has 0 bridgehead atoms. The number of imidazole rings is 1. The Hall–Kier alpha value is -2.01. The summed E-state index contributed by atoms with van der Waals surface area (Å²) >= 11 is 1.60. The topological polar surface area (TPSA) is 46.8 Å². The van der Waals surface area contributed by atoms with E-state index in [2.05, 4.69) is 4.98 Å². The summed E-state index contributed by atoms with van der Waals surface area (Å²) in [5, 5.41) is 11.1. The molecule has 0 saturated heterocycles. The molecule has 17 heavy (non-hydrogen) atoms. The lowest BCUT2D eigenvalue weighted by Crippen LogP contribution is -1.95. The van der Waals surface area contributed by atoms with Gasteiger partial charge in [-0.3, -0.25) is 4.40 Å². The van der Waals surface area contributed by atoms with Gasteiger partial charge in [-0.1, -0.05) is 0 Å². The van der Waals surface area contributed by atoms with Crippen LogP contribution < -0.4 is 4.74 Å². The summed E-state index contributed by atoms with van der Waals surface area (Å²) in [5.74, 6) is 0.957. The van der Waals surface area contributed by atoms with Crippen LogP contribution in [0.15, 0.2) is 42.0 Å². The fraction of sp³-hybridized carbons (Fsp3) is 0.0833. The van der Waals surface area contributed by atoms with Crippen molar-refractivity contribution in [2.75, 3.05) is 0 Å². The second-order valence-corrected chi connectivity index (χ2v) is 4.48. The largest absolute Gasteiger partial charge is 0.508 e. The molecule has 0 aliphatic rings. The molecule has 0 spiro atoms. The molecule has 5 heteroatoms. The number of phenols is 1. The number of ether oxygens (including phenoxy) is 1. The number of aromatic nitrogens is 2. The highest BCUT2D eigenvalue weighted by Gasteiger charge is 2.03. The predicted octanol–water partition coefficient (Wildman–Crippen LogP) is 2.68. The second-order valence-electron chi connectivity index (χ2n) is 3.61. The van der Waals surface area contributed by atoms with Crippen LogP contribution in [-0.4, -0.2) is 14.5 Å². The zero-order chi connectivity index (χ0) is 11.7. The Kier molecular flexibility index (Phi) is 2.45. The molecule has 0 amide bonds. The van der Waals surface area contributed by atoms with E-state index in [4.69, 9.17) is 9.84 Å². The highest BCUT2D eigenvalue weighted by Crippen LogP contribution is 2.18. The normalized spacial score (nSPS) is 10.8. The van der Waals surface area contributed by atoms with Gasteiger partial charge in [0.2, 0.25) is 0 Å². The molecule has 0 radical (unpaired) electrons. The van der Waals surface area contributed by atoms with Crippen LogP contribution in [0, 0.1) is 0 Å². The van der Waals surface area contributed by atoms with Crippen LogP contribution in [0.3, 0.4) is 0 Å². The first-order chi connectivity index (χ1) is 8.31. The molecule has 3 aromatic rings. The van der Waals surface area contributed by atoms with Crippen molar-refractivity contribution >= 4 is 16.3 Å². The minimum Gasteiger partial charge on any atom is -0.508 e. The Balaban J connectivity index is 1.71. The first-order valence-corrected chi connectivity index (χ1v) is 6.02. The number of benzene rings is 1. The summed E-state index contributed by atoms with van der Waals surface area (Å²) in [6.45, 7) is 0.430. The number of nitrogens with zero attached hydrogens (tertiary/aromatic N) is 2. The minimum atomic E-state index is 0.236. The number of phenolic OH excluding ortho intramolecular Hbond substituents is 1. The van der Waals surface area contributed by atoms with E-state index >= 15 is 0 Å². The van der Waals surface area contributed by atoms with Gasteiger partial charge < -0.3 is 9.84 Å². The monoisotopic (exact) mass is 246 g/mol. The first-order valence-electron chi connectivity index (χ1n) is 5.14. The van der Waals surface area contributed by atoms with Crippen LogP contribution in [0.2, 0.25) is 0 Å². The average Bonchev–Trinajstić information content (AvgIpc) is 2.88. The lowest BCUT2D eigenvalue weighted by atomic mass is 10.3. The Bertz CT molecular complexity index is 599. The number of fused-ring (bicyclic) bond motifs is 1. The number of thiazole rings is 1. The third kappa shape index (κ3) is 2.09. The lowest BCUT2D eigenvalue weighted by Gasteiger charge is -2.03. The fourth-order valence-corrected chi connectivity index (χ4v) is 2.26. The third-order valence-electron chi connectivity index (χ3n) is 2.37. The molecular formula is C12H10N2O2S. The predicted molar refractivity (Wildman–Crippen MR) is 65.5 cm³/mol. The van der Waals surface area contributed by atoms with Gasteiger partial charge in [0.15, 0.2) is 4.96 Å². The molecule has 1 N–H and O–H groups in total. The molecule has 1 aromatic carbocycles. The van der Waals surface area contributed by atoms with E-state index in [-0.39, 0.29) is 5.75 Å². The molecule has 2 aromatic heterocycles. The molecule has 0 atom stereocenters. The van der Waals surface area contributed by atoms with Crippen LogP contribution in [0.25, 0.3) is 4.96 Å². The summed E-state index contributed by atoms with van der Waals surface area (Å²) in [7, 11) is 0. The molecule has 2 heterocycles. The maximum atomic E-state index is 9.14. The Morgan fingerprint density at radius 2 is 2.12 bits per heavy atom. The van der Waals surface area contributed by atoms with E-state index < -0.39 is 0 Å². The van der Waals surface area contributed by atoms with Crippen LogP contribution in [0.5, 0.6) is 11.5 Å². The van der Waals surface area contributed by atoms with Gasteiger partial charge in [0, 0.05) is 17.8 Å². The van der Waals surface area contributed by atoms with Gasteiger partial charge in [-0.05, 0) is 24.3 Å². The standard InChI is InChI=1S/C12H10N2O2S/c15-10-1-3-11(4-2-10)16-8-9-7-14-5-6-17-12(14)13-9/h1-7,15H,8H2. The van der Waals surface area contributed by atoms with Crippen molar-refractivity contribution in [1.29, 1.82) is 0 Å². The summed E-state index contributed by atoms with van der Waals surface area (Å²) in [4.78, 5) is 5.38. The van der Waals surface area contributed by atoms with Crippen LogP contribution >= 0.6 is 11.3 Å². The summed E-state index contributed by atoms with van der Waals surface area (Å²) in [6, 6.07) is 6.66. The Labute approximate surface area is 102 Å². The molecule has 0 saturated carbocycles. The summed E-state index contributed by atoms with van der Waals surface area (Å²) in [6.07, 6.45) is 3.92. The van der Waals surface area contributed by atoms with Crippen molar-refractivity contribution in [3.63, 3.8) is 0 Å². The Morgan fingerprint density at radius 1 is 1.29 bits per heavy atom. The van der Waals surface area contributed by atoms with Crippen LogP contribution in [-0.2, 0) is 6.61 Å². The van der Waals surface area contributed by atoms with Crippen molar-refractivity contribution in [3.05, 3.63) is 47.7 Å². The molecule has 0 aliphatic heterocycles. The minimum absolute atomic E-state index is 0.236. The van der Waals surface area contributed by atoms with Crippen LogP contribution in [0.4, 0.5) is 0 Å². The highest BCUT2D eigenvalue weighted by atomic mass is 32.1. The van der Waals surface area contributed by atoms with Gasteiger partial charge in [-0.2, -0.15) is 0 Å². The SMILES string of the molecule is Oc1ccc(OCc2cn3ccsc3n2)cc1. The molecule has 0 fully saturated rings. The molecule has 0 aliphatic carbocycles. The summed E-state index contributed by atoms with van der Waals surface area (Å²) in [5.41, 5.74) is 0.893. The third-order valence-corrected chi connectivity index (χ3v) is 3.14. The van der Waals surface area contributed by atoms with Crippen molar-refractivity contribution < 1.29 is 9.84 Å². The van der Waals surface area contributed by atoms with Crippen molar-refractivity contribution in [2.45, 2.75) is 6.61 Å². The maximum absolute atomic E-state index is 9.14. The maximum Gasteiger partial charge on any atom is 0.193 e. The van der Waals surface area contributed by atoms with E-state index in [0.717, 1.165) is 16.4 Å². The van der Waals surface area contributed by atoms with Crippen molar-refractivity contribution in [3.8, 4) is 11.5 Å². The zero-order valence-corrected chi connectivity index (χ0v) is 9.72. The number of hydrogen-bond acceptors (Lipinski definition) is 4.